The predicted molar refractivity (Wildman–Crippen MR) is 111 cm³/mol. The molecule has 0 saturated carbocycles. The fourth-order valence-corrected chi connectivity index (χ4v) is 6.02. The van der Waals surface area contributed by atoms with Crippen LogP contribution in [0.4, 0.5) is 0 Å². The molecular formula is C19H28N4O3S2. The van der Waals surface area contributed by atoms with Crippen molar-refractivity contribution in [3.63, 3.8) is 0 Å². The molecule has 2 aromatic heterocycles. The lowest BCUT2D eigenvalue weighted by Gasteiger charge is -2.22. The van der Waals surface area contributed by atoms with Gasteiger partial charge in [-0.1, -0.05) is 0 Å². The third-order valence-electron chi connectivity index (χ3n) is 5.29. The molecule has 9 heteroatoms. The number of carbonyl (C=O) groups excluding carboxylic acids is 1. The van der Waals surface area contributed by atoms with Crippen molar-refractivity contribution in [1.82, 2.24) is 19.6 Å². The molecule has 0 aromatic carbocycles. The molecule has 1 amide bonds. The van der Waals surface area contributed by atoms with E-state index in [0.717, 1.165) is 22.5 Å². The minimum atomic E-state index is -2.95. The highest BCUT2D eigenvalue weighted by molar-refractivity contribution is 7.91. The smallest absolute Gasteiger partial charge is 0.236 e. The zero-order valence-corrected chi connectivity index (χ0v) is 18.5. The number of aryl methyl sites for hydroxylation is 1. The van der Waals surface area contributed by atoms with Gasteiger partial charge in [0, 0.05) is 31.4 Å². The van der Waals surface area contributed by atoms with Crippen LogP contribution in [0.3, 0.4) is 0 Å². The van der Waals surface area contributed by atoms with Gasteiger partial charge in [-0.3, -0.25) is 14.4 Å². The molecule has 1 aliphatic heterocycles. The number of thiophene rings is 1. The minimum absolute atomic E-state index is 0.0679. The summed E-state index contributed by atoms with van der Waals surface area (Å²) in [6.07, 6.45) is 0.617. The summed E-state index contributed by atoms with van der Waals surface area (Å²) >= 11 is 1.63. The van der Waals surface area contributed by atoms with Crippen LogP contribution < -0.4 is 0 Å². The number of aromatic nitrogens is 2. The zero-order valence-electron chi connectivity index (χ0n) is 16.9. The van der Waals surface area contributed by atoms with E-state index in [2.05, 4.69) is 10.5 Å². The second-order valence-corrected chi connectivity index (χ2v) is 10.7. The van der Waals surface area contributed by atoms with E-state index in [9.17, 15) is 13.2 Å². The Morgan fingerprint density at radius 3 is 2.68 bits per heavy atom. The first-order valence-electron chi connectivity index (χ1n) is 9.35. The Kier molecular flexibility index (Phi) is 6.26. The maximum Gasteiger partial charge on any atom is 0.236 e. The zero-order chi connectivity index (χ0) is 20.5. The second-order valence-electron chi connectivity index (χ2n) is 7.70. The van der Waals surface area contributed by atoms with Gasteiger partial charge in [0.25, 0.3) is 0 Å². The summed E-state index contributed by atoms with van der Waals surface area (Å²) < 4.78 is 25.5. The number of hydrogen-bond donors (Lipinski definition) is 0. The highest BCUT2D eigenvalue weighted by Crippen LogP contribution is 2.27. The van der Waals surface area contributed by atoms with Gasteiger partial charge < -0.3 is 4.90 Å². The lowest BCUT2D eigenvalue weighted by atomic mass is 10.1. The highest BCUT2D eigenvalue weighted by atomic mass is 32.2. The van der Waals surface area contributed by atoms with Gasteiger partial charge in [0.2, 0.25) is 5.91 Å². The van der Waals surface area contributed by atoms with E-state index in [4.69, 9.17) is 0 Å². The average molecular weight is 425 g/mol. The Hall–Kier alpha value is -1.71. The van der Waals surface area contributed by atoms with Gasteiger partial charge >= 0.3 is 0 Å². The topological polar surface area (TPSA) is 75.5 Å². The first kappa shape index (κ1) is 21.0. The lowest BCUT2D eigenvalue weighted by Crippen LogP contribution is -2.36. The summed E-state index contributed by atoms with van der Waals surface area (Å²) in [7, 11) is 0.791. The molecule has 3 rings (SSSR count). The van der Waals surface area contributed by atoms with Gasteiger partial charge in [0.05, 0.1) is 29.8 Å². The highest BCUT2D eigenvalue weighted by Gasteiger charge is 2.31. The van der Waals surface area contributed by atoms with Crippen molar-refractivity contribution in [2.75, 3.05) is 32.1 Å². The van der Waals surface area contributed by atoms with Crippen LogP contribution >= 0.6 is 11.3 Å². The molecule has 1 saturated heterocycles. The maximum absolute atomic E-state index is 12.5. The summed E-state index contributed by atoms with van der Waals surface area (Å²) in [6, 6.07) is 1.95. The number of carbonyl (C=O) groups is 1. The molecule has 2 aromatic rings. The molecular weight excluding hydrogens is 396 g/mol. The number of amides is 1. The van der Waals surface area contributed by atoms with Crippen molar-refractivity contribution < 1.29 is 13.2 Å². The van der Waals surface area contributed by atoms with Gasteiger partial charge in [0.1, 0.15) is 0 Å². The Bertz CT molecular complexity index is 935. The Morgan fingerprint density at radius 2 is 2.07 bits per heavy atom. The molecule has 7 nitrogen and oxygen atoms in total. The minimum Gasteiger partial charge on any atom is -0.340 e. The summed E-state index contributed by atoms with van der Waals surface area (Å²) in [5.74, 6) is 0.463. The predicted octanol–water partition coefficient (Wildman–Crippen LogP) is 2.01. The standard InChI is InChI=1S/C19H28N4O3S2/c1-14-18(15(2)23(20-14)17-6-8-28(25,26)13-17)10-21(3)11-19(24)22(4)9-16-5-7-27-12-16/h5,7,12,17H,6,8-11,13H2,1-4H3/t17-/m1/s1. The molecule has 1 aliphatic rings. The number of rotatable bonds is 7. The van der Waals surface area contributed by atoms with E-state index in [1.807, 2.05) is 49.0 Å². The van der Waals surface area contributed by atoms with E-state index in [0.29, 0.717) is 26.1 Å². The van der Waals surface area contributed by atoms with Crippen molar-refractivity contribution in [2.24, 2.45) is 0 Å². The third kappa shape index (κ3) is 4.82. The van der Waals surface area contributed by atoms with E-state index < -0.39 is 9.84 Å². The van der Waals surface area contributed by atoms with Crippen molar-refractivity contribution in [1.29, 1.82) is 0 Å². The first-order valence-corrected chi connectivity index (χ1v) is 12.1. The van der Waals surface area contributed by atoms with Crippen LogP contribution in [0.15, 0.2) is 16.8 Å². The first-order chi connectivity index (χ1) is 13.2. The van der Waals surface area contributed by atoms with E-state index in [-0.39, 0.29) is 23.5 Å². The monoisotopic (exact) mass is 424 g/mol. The van der Waals surface area contributed by atoms with Crippen LogP contribution in [-0.4, -0.2) is 66.1 Å². The molecule has 0 unspecified atom stereocenters. The SMILES string of the molecule is Cc1nn([C@@H]2CCS(=O)(=O)C2)c(C)c1CN(C)CC(=O)N(C)Cc1ccsc1. The summed E-state index contributed by atoms with van der Waals surface area (Å²) in [5, 5.41) is 8.67. The van der Waals surface area contributed by atoms with Crippen LogP contribution in [0.5, 0.6) is 0 Å². The number of hydrogen-bond acceptors (Lipinski definition) is 6. The van der Waals surface area contributed by atoms with Gasteiger partial charge in [-0.2, -0.15) is 16.4 Å². The van der Waals surface area contributed by atoms with Gasteiger partial charge in [0.15, 0.2) is 9.84 Å². The Labute approximate surface area is 170 Å². The largest absolute Gasteiger partial charge is 0.340 e. The molecule has 0 spiro atoms. The molecule has 3 heterocycles. The van der Waals surface area contributed by atoms with Crippen LogP contribution in [0, 0.1) is 13.8 Å². The molecule has 0 radical (unpaired) electrons. The van der Waals surface area contributed by atoms with Crippen molar-refractivity contribution >= 4 is 27.1 Å². The molecule has 154 valence electrons. The molecule has 28 heavy (non-hydrogen) atoms. The van der Waals surface area contributed by atoms with Crippen LogP contribution in [0.2, 0.25) is 0 Å². The second kappa shape index (κ2) is 8.34. The van der Waals surface area contributed by atoms with E-state index in [1.54, 1.807) is 16.2 Å². The van der Waals surface area contributed by atoms with Crippen molar-refractivity contribution in [3.05, 3.63) is 39.3 Å². The fourth-order valence-electron chi connectivity index (χ4n) is 3.67. The van der Waals surface area contributed by atoms with E-state index in [1.165, 1.54) is 0 Å². The molecule has 0 aliphatic carbocycles. The molecule has 0 N–H and O–H groups in total. The number of nitrogens with zero attached hydrogens (tertiary/aromatic N) is 4. The normalized spacial score (nSPS) is 18.7. The number of likely N-dealkylation sites (N-methyl/N-ethyl adjacent to an activating group) is 2. The molecule has 1 fully saturated rings. The van der Waals surface area contributed by atoms with Gasteiger partial charge in [-0.15, -0.1) is 0 Å². The van der Waals surface area contributed by atoms with Crippen LogP contribution in [-0.2, 0) is 27.7 Å². The van der Waals surface area contributed by atoms with Gasteiger partial charge in [-0.25, -0.2) is 8.42 Å². The van der Waals surface area contributed by atoms with Crippen LogP contribution in [0.1, 0.15) is 35.0 Å². The summed E-state index contributed by atoms with van der Waals surface area (Å²) in [4.78, 5) is 16.3. The quantitative estimate of drug-likeness (QED) is 0.680. The average Bonchev–Trinajstić information content (AvgIpc) is 3.31. The van der Waals surface area contributed by atoms with Crippen molar-refractivity contribution in [3.8, 4) is 0 Å². The fraction of sp³-hybridized carbons (Fsp3) is 0.579. The summed E-state index contributed by atoms with van der Waals surface area (Å²) in [6.45, 7) is 5.47. The third-order valence-corrected chi connectivity index (χ3v) is 7.77. The maximum atomic E-state index is 12.5. The van der Waals surface area contributed by atoms with Crippen LogP contribution in [0.25, 0.3) is 0 Å². The number of sulfone groups is 1. The van der Waals surface area contributed by atoms with Crippen molar-refractivity contribution in [2.45, 2.75) is 39.4 Å². The molecule has 1 atom stereocenters. The summed E-state index contributed by atoms with van der Waals surface area (Å²) in [5.41, 5.74) is 4.10. The molecule has 0 bridgehead atoms. The van der Waals surface area contributed by atoms with Gasteiger partial charge in [-0.05, 0) is 49.7 Å². The lowest BCUT2D eigenvalue weighted by molar-refractivity contribution is -0.131. The Balaban J connectivity index is 1.62. The Morgan fingerprint density at radius 1 is 1.32 bits per heavy atom. The van der Waals surface area contributed by atoms with E-state index >= 15 is 0 Å².